The van der Waals surface area contributed by atoms with Gasteiger partial charge in [0.15, 0.2) is 11.5 Å². The van der Waals surface area contributed by atoms with Gasteiger partial charge in [0.05, 0.1) is 16.6 Å². The molecule has 8 heteroatoms. The minimum Gasteiger partial charge on any atom is -0.454 e. The number of ether oxygens (including phenoxy) is 2. The SMILES string of the molecule is Cc1oc(/N=C/c2cc3c(cc2[N+](=O)[O-])OCO3)c(C#N)c1C. The number of fused-ring (bicyclic) bond motifs is 1. The second-order valence-electron chi connectivity index (χ2n) is 4.85. The third kappa shape index (κ3) is 2.48. The molecule has 23 heavy (non-hydrogen) atoms. The highest BCUT2D eigenvalue weighted by molar-refractivity contribution is 5.88. The van der Waals surface area contributed by atoms with Crippen LogP contribution in [-0.2, 0) is 0 Å². The number of nitro groups is 1. The molecular weight excluding hydrogens is 302 g/mol. The highest BCUT2D eigenvalue weighted by Crippen LogP contribution is 2.37. The van der Waals surface area contributed by atoms with Crippen molar-refractivity contribution in [2.24, 2.45) is 4.99 Å². The van der Waals surface area contributed by atoms with Crippen LogP contribution in [0.15, 0.2) is 21.5 Å². The average molecular weight is 313 g/mol. The quantitative estimate of drug-likeness (QED) is 0.489. The molecule has 3 rings (SSSR count). The highest BCUT2D eigenvalue weighted by atomic mass is 16.7. The van der Waals surface area contributed by atoms with Crippen LogP contribution in [0.25, 0.3) is 0 Å². The molecule has 2 heterocycles. The molecule has 1 aliphatic rings. The largest absolute Gasteiger partial charge is 0.454 e. The Kier molecular flexibility index (Phi) is 3.46. The number of rotatable bonds is 3. The maximum Gasteiger partial charge on any atom is 0.282 e. The molecule has 1 aromatic heterocycles. The topological polar surface area (TPSA) is 111 Å². The van der Waals surface area contributed by atoms with Crippen LogP contribution in [-0.4, -0.2) is 17.9 Å². The van der Waals surface area contributed by atoms with Crippen molar-refractivity contribution >= 4 is 17.8 Å². The van der Waals surface area contributed by atoms with Gasteiger partial charge in [0.25, 0.3) is 5.69 Å². The lowest BCUT2D eigenvalue weighted by Crippen LogP contribution is -1.94. The third-order valence-electron chi connectivity index (χ3n) is 3.52. The summed E-state index contributed by atoms with van der Waals surface area (Å²) < 4.78 is 15.7. The number of furan rings is 1. The maximum atomic E-state index is 11.2. The Morgan fingerprint density at radius 3 is 2.70 bits per heavy atom. The van der Waals surface area contributed by atoms with Gasteiger partial charge in [-0.25, -0.2) is 4.99 Å². The van der Waals surface area contributed by atoms with Crippen LogP contribution in [0.4, 0.5) is 11.6 Å². The lowest BCUT2D eigenvalue weighted by Gasteiger charge is -2.00. The second kappa shape index (κ2) is 5.46. The summed E-state index contributed by atoms with van der Waals surface area (Å²) in [6, 6.07) is 4.77. The van der Waals surface area contributed by atoms with E-state index >= 15 is 0 Å². The predicted molar refractivity (Wildman–Crippen MR) is 79.4 cm³/mol. The molecule has 1 aliphatic heterocycles. The Bertz CT molecular complexity index is 876. The zero-order valence-electron chi connectivity index (χ0n) is 12.3. The van der Waals surface area contributed by atoms with Crippen molar-refractivity contribution in [1.82, 2.24) is 0 Å². The molecule has 0 N–H and O–H groups in total. The van der Waals surface area contributed by atoms with Gasteiger partial charge in [0.1, 0.15) is 17.4 Å². The summed E-state index contributed by atoms with van der Waals surface area (Å²) in [5.41, 5.74) is 1.06. The fourth-order valence-corrected chi connectivity index (χ4v) is 2.17. The summed E-state index contributed by atoms with van der Waals surface area (Å²) in [4.78, 5) is 14.7. The van der Waals surface area contributed by atoms with E-state index in [-0.39, 0.29) is 23.9 Å². The van der Waals surface area contributed by atoms with Gasteiger partial charge in [-0.1, -0.05) is 0 Å². The standard InChI is InChI=1S/C15H11N3O5/c1-8-9(2)23-15(11(8)5-16)17-6-10-3-13-14(22-7-21-13)4-12(10)18(19)20/h3-4,6H,7H2,1-2H3/b17-6+. The predicted octanol–water partition coefficient (Wildman–Crippen LogP) is 3.16. The summed E-state index contributed by atoms with van der Waals surface area (Å²) in [7, 11) is 0. The van der Waals surface area contributed by atoms with Crippen molar-refractivity contribution in [2.45, 2.75) is 13.8 Å². The van der Waals surface area contributed by atoms with Crippen LogP contribution in [0.5, 0.6) is 11.5 Å². The summed E-state index contributed by atoms with van der Waals surface area (Å²) in [5, 5.41) is 20.3. The van der Waals surface area contributed by atoms with E-state index in [9.17, 15) is 10.1 Å². The van der Waals surface area contributed by atoms with E-state index in [2.05, 4.69) is 4.99 Å². The van der Waals surface area contributed by atoms with Crippen LogP contribution in [0.1, 0.15) is 22.5 Å². The van der Waals surface area contributed by atoms with Crippen LogP contribution < -0.4 is 9.47 Å². The first-order chi connectivity index (χ1) is 11.0. The number of aliphatic imine (C=N–C) groups is 1. The molecule has 0 saturated carbocycles. The van der Waals surface area contributed by atoms with Crippen LogP contribution in [0, 0.1) is 35.3 Å². The number of hydrogen-bond donors (Lipinski definition) is 0. The fourth-order valence-electron chi connectivity index (χ4n) is 2.17. The van der Waals surface area contributed by atoms with E-state index in [4.69, 9.17) is 19.2 Å². The highest BCUT2D eigenvalue weighted by Gasteiger charge is 2.23. The molecule has 0 atom stereocenters. The van der Waals surface area contributed by atoms with Crippen molar-refractivity contribution in [3.8, 4) is 17.6 Å². The first-order valence-electron chi connectivity index (χ1n) is 6.63. The smallest absolute Gasteiger partial charge is 0.282 e. The summed E-state index contributed by atoms with van der Waals surface area (Å²) in [5.74, 6) is 1.42. The molecule has 2 aromatic rings. The third-order valence-corrected chi connectivity index (χ3v) is 3.52. The van der Waals surface area contributed by atoms with Crippen molar-refractivity contribution < 1.29 is 18.8 Å². The fraction of sp³-hybridized carbons (Fsp3) is 0.200. The number of benzene rings is 1. The van der Waals surface area contributed by atoms with E-state index in [1.54, 1.807) is 13.8 Å². The molecule has 0 radical (unpaired) electrons. The summed E-state index contributed by atoms with van der Waals surface area (Å²) in [6.07, 6.45) is 1.28. The number of nitro benzene ring substituents is 1. The van der Waals surface area contributed by atoms with E-state index in [1.807, 2.05) is 6.07 Å². The normalized spacial score (nSPS) is 12.6. The first-order valence-corrected chi connectivity index (χ1v) is 6.63. The molecule has 0 unspecified atom stereocenters. The van der Waals surface area contributed by atoms with Gasteiger partial charge in [-0.05, 0) is 19.9 Å². The molecule has 0 spiro atoms. The van der Waals surface area contributed by atoms with Gasteiger partial charge in [0, 0.05) is 11.8 Å². The molecule has 0 saturated heterocycles. The minimum atomic E-state index is -0.535. The van der Waals surface area contributed by atoms with Gasteiger partial charge in [-0.2, -0.15) is 5.26 Å². The van der Waals surface area contributed by atoms with Crippen molar-refractivity contribution in [1.29, 1.82) is 5.26 Å². The van der Waals surface area contributed by atoms with Gasteiger partial charge >= 0.3 is 0 Å². The number of hydrogen-bond acceptors (Lipinski definition) is 7. The van der Waals surface area contributed by atoms with E-state index in [1.165, 1.54) is 18.3 Å². The van der Waals surface area contributed by atoms with Crippen LogP contribution >= 0.6 is 0 Å². The van der Waals surface area contributed by atoms with Crippen LogP contribution in [0.2, 0.25) is 0 Å². The lowest BCUT2D eigenvalue weighted by atomic mass is 10.1. The zero-order chi connectivity index (χ0) is 16.6. The molecule has 0 aliphatic carbocycles. The summed E-state index contributed by atoms with van der Waals surface area (Å²) >= 11 is 0. The molecule has 1 aromatic carbocycles. The molecule has 0 fully saturated rings. The van der Waals surface area contributed by atoms with Crippen molar-refractivity contribution in [3.05, 3.63) is 44.7 Å². The first kappa shape index (κ1) is 14.6. The minimum absolute atomic E-state index is 0.0161. The van der Waals surface area contributed by atoms with Gasteiger partial charge in [0.2, 0.25) is 12.7 Å². The summed E-state index contributed by atoms with van der Waals surface area (Å²) in [6.45, 7) is 3.49. The second-order valence-corrected chi connectivity index (χ2v) is 4.85. The number of aryl methyl sites for hydroxylation is 1. The molecular formula is C15H11N3O5. The molecule has 8 nitrogen and oxygen atoms in total. The Morgan fingerprint density at radius 1 is 1.35 bits per heavy atom. The average Bonchev–Trinajstić information content (AvgIpc) is 3.08. The molecule has 0 bridgehead atoms. The van der Waals surface area contributed by atoms with Crippen LogP contribution in [0.3, 0.4) is 0 Å². The number of nitriles is 1. The Hall–Kier alpha value is -3.34. The monoisotopic (exact) mass is 313 g/mol. The lowest BCUT2D eigenvalue weighted by molar-refractivity contribution is -0.385. The Balaban J connectivity index is 2.05. The van der Waals surface area contributed by atoms with Crippen molar-refractivity contribution in [3.63, 3.8) is 0 Å². The maximum absolute atomic E-state index is 11.2. The Labute approximate surface area is 130 Å². The van der Waals surface area contributed by atoms with Gasteiger partial charge in [-0.15, -0.1) is 0 Å². The van der Waals surface area contributed by atoms with Gasteiger partial charge in [-0.3, -0.25) is 10.1 Å². The van der Waals surface area contributed by atoms with E-state index in [0.717, 1.165) is 0 Å². The van der Waals surface area contributed by atoms with Crippen molar-refractivity contribution in [2.75, 3.05) is 6.79 Å². The van der Waals surface area contributed by atoms with Gasteiger partial charge < -0.3 is 13.9 Å². The van der Waals surface area contributed by atoms with E-state index < -0.39 is 4.92 Å². The Morgan fingerprint density at radius 2 is 2.04 bits per heavy atom. The molecule has 116 valence electrons. The zero-order valence-corrected chi connectivity index (χ0v) is 12.3. The number of nitrogens with zero attached hydrogens (tertiary/aromatic N) is 3. The van der Waals surface area contributed by atoms with E-state index in [0.29, 0.717) is 28.4 Å². The molecule has 0 amide bonds.